The third-order valence-electron chi connectivity index (χ3n) is 3.73. The first-order chi connectivity index (χ1) is 9.25. The number of rotatable bonds is 2. The van der Waals surface area contributed by atoms with Crippen molar-refractivity contribution in [3.8, 4) is 5.75 Å². The average molecular weight is 254 g/mol. The fourth-order valence-electron chi connectivity index (χ4n) is 2.62. The number of benzene rings is 2. The van der Waals surface area contributed by atoms with Gasteiger partial charge in [0, 0.05) is 0 Å². The highest BCUT2D eigenvalue weighted by Crippen LogP contribution is 2.31. The highest BCUT2D eigenvalue weighted by atomic mass is 16.5. The topological polar surface area (TPSA) is 29.5 Å². The largest absolute Gasteiger partial charge is 0.493 e. The number of hydrogen-bond acceptors (Lipinski definition) is 2. The number of fused-ring (bicyclic) bond motifs is 1. The minimum absolute atomic E-state index is 0.562. The highest BCUT2D eigenvalue weighted by Gasteiger charge is 2.16. The van der Waals surface area contributed by atoms with Crippen molar-refractivity contribution in [3.05, 3.63) is 64.7 Å². The Morgan fingerprint density at radius 3 is 2.84 bits per heavy atom. The maximum Gasteiger partial charge on any atom is 0.122 e. The molecule has 0 amide bonds. The summed E-state index contributed by atoms with van der Waals surface area (Å²) < 4.78 is 5.61. The first kappa shape index (κ1) is 12.2. The predicted octanol–water partition coefficient (Wildman–Crippen LogP) is 3.40. The predicted molar refractivity (Wildman–Crippen MR) is 75.5 cm³/mol. The van der Waals surface area contributed by atoms with E-state index in [-0.39, 0.29) is 0 Å². The average Bonchev–Trinajstić information content (AvgIpc) is 2.46. The van der Waals surface area contributed by atoms with Crippen LogP contribution in [0.25, 0.3) is 0 Å². The summed E-state index contributed by atoms with van der Waals surface area (Å²) in [4.78, 5) is 0. The molecule has 0 spiro atoms. The lowest BCUT2D eigenvalue weighted by Crippen LogP contribution is -2.10. The second-order valence-corrected chi connectivity index (χ2v) is 5.08. The van der Waals surface area contributed by atoms with Crippen LogP contribution in [0.4, 0.5) is 0 Å². The Balaban J connectivity index is 1.96. The lowest BCUT2D eigenvalue weighted by atomic mass is 9.94. The van der Waals surface area contributed by atoms with Crippen molar-refractivity contribution in [2.24, 2.45) is 0 Å². The molecule has 0 bridgehead atoms. The molecule has 0 aliphatic carbocycles. The Morgan fingerprint density at radius 2 is 2.00 bits per heavy atom. The van der Waals surface area contributed by atoms with Crippen LogP contribution in [0.3, 0.4) is 0 Å². The quantitative estimate of drug-likeness (QED) is 0.890. The molecule has 0 fully saturated rings. The summed E-state index contributed by atoms with van der Waals surface area (Å²) in [5.74, 6) is 0.965. The van der Waals surface area contributed by atoms with E-state index in [1.165, 1.54) is 5.56 Å². The van der Waals surface area contributed by atoms with Gasteiger partial charge in [0.25, 0.3) is 0 Å². The summed E-state index contributed by atoms with van der Waals surface area (Å²) in [7, 11) is 0. The zero-order valence-corrected chi connectivity index (χ0v) is 11.1. The van der Waals surface area contributed by atoms with Gasteiger partial charge in [0.15, 0.2) is 0 Å². The standard InChI is InChI=1S/C17H18O2/c1-12-5-2-3-7-15(12)17(18)14-8-9-16-13(11-14)6-4-10-19-16/h2-3,5,7-9,11,17-18H,4,6,10H2,1H3. The van der Waals surface area contributed by atoms with E-state index in [0.717, 1.165) is 41.9 Å². The van der Waals surface area contributed by atoms with Crippen LogP contribution in [0.5, 0.6) is 5.75 Å². The molecule has 3 rings (SSSR count). The van der Waals surface area contributed by atoms with Crippen molar-refractivity contribution >= 4 is 0 Å². The first-order valence-electron chi connectivity index (χ1n) is 6.75. The van der Waals surface area contributed by atoms with Crippen LogP contribution in [0.2, 0.25) is 0 Å². The summed E-state index contributed by atoms with van der Waals surface area (Å²) in [5.41, 5.74) is 4.23. The molecule has 2 aromatic rings. The van der Waals surface area contributed by atoms with E-state index in [2.05, 4.69) is 6.07 Å². The van der Waals surface area contributed by atoms with Crippen LogP contribution < -0.4 is 4.74 Å². The van der Waals surface area contributed by atoms with Crippen molar-refractivity contribution < 1.29 is 9.84 Å². The molecule has 1 unspecified atom stereocenters. The van der Waals surface area contributed by atoms with Crippen molar-refractivity contribution in [1.29, 1.82) is 0 Å². The third kappa shape index (κ3) is 2.36. The second-order valence-electron chi connectivity index (χ2n) is 5.08. The summed E-state index contributed by atoms with van der Waals surface area (Å²) in [6, 6.07) is 14.0. The maximum atomic E-state index is 10.5. The Morgan fingerprint density at radius 1 is 1.16 bits per heavy atom. The molecule has 2 heteroatoms. The van der Waals surface area contributed by atoms with Crippen molar-refractivity contribution in [2.75, 3.05) is 6.61 Å². The van der Waals surface area contributed by atoms with E-state index in [9.17, 15) is 5.11 Å². The van der Waals surface area contributed by atoms with Crippen LogP contribution >= 0.6 is 0 Å². The number of aryl methyl sites for hydroxylation is 2. The van der Waals surface area contributed by atoms with Crippen LogP contribution in [0.15, 0.2) is 42.5 Å². The zero-order chi connectivity index (χ0) is 13.2. The van der Waals surface area contributed by atoms with Crippen molar-refractivity contribution in [2.45, 2.75) is 25.9 Å². The van der Waals surface area contributed by atoms with Gasteiger partial charge in [-0.25, -0.2) is 0 Å². The summed E-state index contributed by atoms with van der Waals surface area (Å²) in [6.45, 7) is 2.83. The molecule has 1 atom stereocenters. The van der Waals surface area contributed by atoms with Gasteiger partial charge in [-0.05, 0) is 54.2 Å². The number of ether oxygens (including phenoxy) is 1. The fourth-order valence-corrected chi connectivity index (χ4v) is 2.62. The molecule has 98 valence electrons. The van der Waals surface area contributed by atoms with Crippen LogP contribution in [0.1, 0.15) is 34.8 Å². The molecule has 2 aromatic carbocycles. The van der Waals surface area contributed by atoms with Gasteiger partial charge in [0.05, 0.1) is 6.61 Å². The van der Waals surface area contributed by atoms with Gasteiger partial charge in [-0.15, -0.1) is 0 Å². The molecular formula is C17H18O2. The van der Waals surface area contributed by atoms with Gasteiger partial charge in [0.2, 0.25) is 0 Å². The molecule has 1 N–H and O–H groups in total. The molecular weight excluding hydrogens is 236 g/mol. The van der Waals surface area contributed by atoms with Crippen molar-refractivity contribution in [1.82, 2.24) is 0 Å². The molecule has 1 aliphatic heterocycles. The minimum atomic E-state index is -0.562. The molecule has 0 saturated heterocycles. The van der Waals surface area contributed by atoms with E-state index in [1.54, 1.807) is 0 Å². The van der Waals surface area contributed by atoms with E-state index in [0.29, 0.717) is 0 Å². The molecule has 1 aliphatic rings. The zero-order valence-electron chi connectivity index (χ0n) is 11.1. The van der Waals surface area contributed by atoms with Crippen molar-refractivity contribution in [3.63, 3.8) is 0 Å². The maximum absolute atomic E-state index is 10.5. The van der Waals surface area contributed by atoms with Crippen LogP contribution in [0, 0.1) is 6.92 Å². The summed E-state index contributed by atoms with van der Waals surface area (Å²) >= 11 is 0. The fraction of sp³-hybridized carbons (Fsp3) is 0.294. The number of aliphatic hydroxyl groups excluding tert-OH is 1. The van der Waals surface area contributed by atoms with Gasteiger partial charge in [-0.1, -0.05) is 30.3 Å². The third-order valence-corrected chi connectivity index (χ3v) is 3.73. The van der Waals surface area contributed by atoms with Gasteiger partial charge >= 0.3 is 0 Å². The smallest absolute Gasteiger partial charge is 0.122 e. The Kier molecular flexibility index (Phi) is 3.26. The van der Waals surface area contributed by atoms with E-state index in [4.69, 9.17) is 4.74 Å². The van der Waals surface area contributed by atoms with E-state index >= 15 is 0 Å². The van der Waals surface area contributed by atoms with Crippen LogP contribution in [-0.4, -0.2) is 11.7 Å². The van der Waals surface area contributed by atoms with Gasteiger partial charge < -0.3 is 9.84 Å². The summed E-state index contributed by atoms with van der Waals surface area (Å²) in [6.07, 6.45) is 1.52. The van der Waals surface area contributed by atoms with Gasteiger partial charge in [0.1, 0.15) is 11.9 Å². The molecule has 0 radical (unpaired) electrons. The Bertz CT molecular complexity index is 590. The molecule has 0 aromatic heterocycles. The number of aliphatic hydroxyl groups is 1. The summed E-state index contributed by atoms with van der Waals surface area (Å²) in [5, 5.41) is 10.5. The highest BCUT2D eigenvalue weighted by molar-refractivity contribution is 5.42. The molecule has 2 nitrogen and oxygen atoms in total. The Labute approximate surface area is 113 Å². The van der Waals surface area contributed by atoms with Gasteiger partial charge in [-0.2, -0.15) is 0 Å². The minimum Gasteiger partial charge on any atom is -0.493 e. The van der Waals surface area contributed by atoms with E-state index < -0.39 is 6.10 Å². The Hall–Kier alpha value is -1.80. The first-order valence-corrected chi connectivity index (χ1v) is 6.75. The number of hydrogen-bond donors (Lipinski definition) is 1. The lowest BCUT2D eigenvalue weighted by Gasteiger charge is -2.20. The normalized spacial score (nSPS) is 15.5. The second kappa shape index (κ2) is 5.06. The van der Waals surface area contributed by atoms with Crippen LogP contribution in [-0.2, 0) is 6.42 Å². The molecule has 0 saturated carbocycles. The lowest BCUT2D eigenvalue weighted by molar-refractivity contribution is 0.219. The van der Waals surface area contributed by atoms with E-state index in [1.807, 2.05) is 43.3 Å². The SMILES string of the molecule is Cc1ccccc1C(O)c1ccc2c(c1)CCCO2. The molecule has 1 heterocycles. The van der Waals surface area contributed by atoms with Gasteiger partial charge in [-0.3, -0.25) is 0 Å². The molecule has 19 heavy (non-hydrogen) atoms. The monoisotopic (exact) mass is 254 g/mol.